The first kappa shape index (κ1) is 13.5. The molecule has 0 aliphatic carbocycles. The molecule has 2 rings (SSSR count). The van der Waals surface area contributed by atoms with Crippen LogP contribution in [0, 0.1) is 0 Å². The summed E-state index contributed by atoms with van der Waals surface area (Å²) in [5, 5.41) is 7.45. The number of benzene rings is 1. The average Bonchev–Trinajstić information content (AvgIpc) is 2.84. The van der Waals surface area contributed by atoms with Crippen LogP contribution in [0.2, 0.25) is 0 Å². The van der Waals surface area contributed by atoms with Gasteiger partial charge in [-0.15, -0.1) is 0 Å². The first-order valence-electron chi connectivity index (χ1n) is 6.72. The maximum absolute atomic E-state index is 5.63. The van der Waals surface area contributed by atoms with E-state index in [9.17, 15) is 0 Å². The molecule has 1 N–H and O–H groups in total. The second kappa shape index (κ2) is 6.83. The summed E-state index contributed by atoms with van der Waals surface area (Å²) in [4.78, 5) is 0. The molecule has 0 saturated heterocycles. The van der Waals surface area contributed by atoms with Crippen LogP contribution in [-0.4, -0.2) is 16.4 Å². The zero-order valence-corrected chi connectivity index (χ0v) is 11.6. The molecule has 0 unspecified atom stereocenters. The van der Waals surface area contributed by atoms with E-state index >= 15 is 0 Å². The van der Waals surface area contributed by atoms with Crippen molar-refractivity contribution in [3.8, 4) is 5.75 Å². The van der Waals surface area contributed by atoms with E-state index in [-0.39, 0.29) is 0 Å². The quantitative estimate of drug-likeness (QED) is 0.776. The van der Waals surface area contributed by atoms with Crippen LogP contribution in [0.25, 0.3) is 0 Å². The van der Waals surface area contributed by atoms with Crippen molar-refractivity contribution in [2.24, 2.45) is 7.05 Å². The summed E-state index contributed by atoms with van der Waals surface area (Å²) in [6.07, 6.45) is 6.04. The summed E-state index contributed by atoms with van der Waals surface area (Å²) in [6, 6.07) is 8.22. The van der Waals surface area contributed by atoms with Crippen molar-refractivity contribution in [2.45, 2.75) is 26.3 Å². The Morgan fingerprint density at radius 2 is 2.05 bits per heavy atom. The Hall–Kier alpha value is -1.97. The molecule has 0 spiro atoms. The summed E-state index contributed by atoms with van der Waals surface area (Å²) < 4.78 is 7.42. The molecular weight excluding hydrogens is 238 g/mol. The lowest BCUT2D eigenvalue weighted by Gasteiger charge is -2.07. The number of unbranched alkanes of at least 4 members (excludes halogenated alkanes) is 1. The Bertz CT molecular complexity index is 490. The largest absolute Gasteiger partial charge is 0.494 e. The number of rotatable bonds is 7. The Labute approximate surface area is 114 Å². The molecule has 19 heavy (non-hydrogen) atoms. The van der Waals surface area contributed by atoms with Gasteiger partial charge in [0.1, 0.15) is 5.75 Å². The highest BCUT2D eigenvalue weighted by atomic mass is 16.5. The van der Waals surface area contributed by atoms with Gasteiger partial charge in [0.15, 0.2) is 0 Å². The van der Waals surface area contributed by atoms with Gasteiger partial charge >= 0.3 is 0 Å². The fraction of sp³-hybridized carbons (Fsp3) is 0.400. The van der Waals surface area contributed by atoms with Crippen LogP contribution in [0.5, 0.6) is 5.75 Å². The van der Waals surface area contributed by atoms with E-state index in [1.54, 1.807) is 4.68 Å². The minimum atomic E-state index is 0.793. The number of ether oxygens (including phenoxy) is 1. The number of anilines is 1. The second-order valence-corrected chi connectivity index (χ2v) is 4.60. The van der Waals surface area contributed by atoms with Gasteiger partial charge in [-0.2, -0.15) is 5.10 Å². The van der Waals surface area contributed by atoms with Gasteiger partial charge in [-0.05, 0) is 24.1 Å². The van der Waals surface area contributed by atoms with Gasteiger partial charge in [0.05, 0.1) is 18.5 Å². The van der Waals surface area contributed by atoms with Crippen LogP contribution in [0.1, 0.15) is 25.3 Å². The third-order valence-corrected chi connectivity index (χ3v) is 2.89. The van der Waals surface area contributed by atoms with Crippen molar-refractivity contribution in [1.82, 2.24) is 9.78 Å². The molecular formula is C15H21N3O. The van der Waals surface area contributed by atoms with Gasteiger partial charge in [0, 0.05) is 19.8 Å². The van der Waals surface area contributed by atoms with Gasteiger partial charge in [-0.3, -0.25) is 4.68 Å². The van der Waals surface area contributed by atoms with E-state index in [2.05, 4.69) is 29.5 Å². The third-order valence-electron chi connectivity index (χ3n) is 2.89. The lowest BCUT2D eigenvalue weighted by Crippen LogP contribution is -1.99. The average molecular weight is 259 g/mol. The normalized spacial score (nSPS) is 10.4. The highest BCUT2D eigenvalue weighted by Gasteiger charge is 1.98. The summed E-state index contributed by atoms with van der Waals surface area (Å²) in [7, 11) is 1.91. The van der Waals surface area contributed by atoms with Crippen LogP contribution in [0.15, 0.2) is 36.7 Å². The van der Waals surface area contributed by atoms with Gasteiger partial charge < -0.3 is 10.1 Å². The zero-order chi connectivity index (χ0) is 13.5. The van der Waals surface area contributed by atoms with Crippen LogP contribution >= 0.6 is 0 Å². The van der Waals surface area contributed by atoms with Gasteiger partial charge in [-0.25, -0.2) is 0 Å². The van der Waals surface area contributed by atoms with Crippen LogP contribution in [0.3, 0.4) is 0 Å². The van der Waals surface area contributed by atoms with Crippen LogP contribution in [-0.2, 0) is 13.6 Å². The third kappa shape index (κ3) is 4.32. The van der Waals surface area contributed by atoms with E-state index in [0.29, 0.717) is 0 Å². The highest BCUT2D eigenvalue weighted by molar-refractivity contribution is 5.39. The molecule has 4 nitrogen and oxygen atoms in total. The van der Waals surface area contributed by atoms with Gasteiger partial charge in [0.2, 0.25) is 0 Å². The monoisotopic (exact) mass is 259 g/mol. The lowest BCUT2D eigenvalue weighted by atomic mass is 10.2. The Kier molecular flexibility index (Phi) is 4.84. The molecule has 0 amide bonds. The number of hydrogen-bond acceptors (Lipinski definition) is 3. The maximum Gasteiger partial charge on any atom is 0.119 e. The summed E-state index contributed by atoms with van der Waals surface area (Å²) in [5.41, 5.74) is 2.26. The highest BCUT2D eigenvalue weighted by Crippen LogP contribution is 2.14. The summed E-state index contributed by atoms with van der Waals surface area (Å²) in [5.74, 6) is 0.943. The van der Waals surface area contributed by atoms with E-state index < -0.39 is 0 Å². The fourth-order valence-electron chi connectivity index (χ4n) is 1.75. The number of nitrogens with one attached hydrogen (secondary N) is 1. The van der Waals surface area contributed by atoms with Crippen molar-refractivity contribution >= 4 is 5.69 Å². The summed E-state index contributed by atoms with van der Waals surface area (Å²) >= 11 is 0. The van der Waals surface area contributed by atoms with E-state index in [4.69, 9.17) is 4.74 Å². The SMILES string of the molecule is CCCCOc1ccc(CNc2cnn(C)c2)cc1. The maximum atomic E-state index is 5.63. The van der Waals surface area contributed by atoms with E-state index in [0.717, 1.165) is 37.4 Å². The van der Waals surface area contributed by atoms with Crippen LogP contribution < -0.4 is 10.1 Å². The molecule has 0 saturated carbocycles. The van der Waals surface area contributed by atoms with Gasteiger partial charge in [0.25, 0.3) is 0 Å². The number of nitrogens with zero attached hydrogens (tertiary/aromatic N) is 2. The minimum absolute atomic E-state index is 0.793. The Balaban J connectivity index is 1.81. The van der Waals surface area contributed by atoms with Crippen molar-refractivity contribution in [1.29, 1.82) is 0 Å². The Morgan fingerprint density at radius 3 is 2.68 bits per heavy atom. The van der Waals surface area contributed by atoms with Crippen molar-refractivity contribution < 1.29 is 4.74 Å². The minimum Gasteiger partial charge on any atom is -0.494 e. The molecule has 0 bridgehead atoms. The number of aromatic nitrogens is 2. The van der Waals surface area contributed by atoms with E-state index in [1.807, 2.05) is 31.6 Å². The molecule has 1 heterocycles. The van der Waals surface area contributed by atoms with Crippen LogP contribution in [0.4, 0.5) is 5.69 Å². The summed E-state index contributed by atoms with van der Waals surface area (Å²) in [6.45, 7) is 3.75. The first-order valence-corrected chi connectivity index (χ1v) is 6.72. The predicted molar refractivity (Wildman–Crippen MR) is 77.4 cm³/mol. The molecule has 0 aliphatic heterocycles. The predicted octanol–water partition coefficient (Wildman–Crippen LogP) is 3.21. The first-order chi connectivity index (χ1) is 9.28. The standard InChI is InChI=1S/C15H21N3O/c1-3-4-9-19-15-7-5-13(6-8-15)10-16-14-11-17-18(2)12-14/h5-8,11-12,16H,3-4,9-10H2,1-2H3. The van der Waals surface area contributed by atoms with Crippen molar-refractivity contribution in [2.75, 3.05) is 11.9 Å². The molecule has 0 radical (unpaired) electrons. The molecule has 102 valence electrons. The molecule has 1 aromatic heterocycles. The second-order valence-electron chi connectivity index (χ2n) is 4.60. The molecule has 0 fully saturated rings. The zero-order valence-electron chi connectivity index (χ0n) is 11.6. The lowest BCUT2D eigenvalue weighted by molar-refractivity contribution is 0.309. The Morgan fingerprint density at radius 1 is 1.26 bits per heavy atom. The molecule has 2 aromatic rings. The van der Waals surface area contributed by atoms with Crippen molar-refractivity contribution in [3.05, 3.63) is 42.2 Å². The molecule has 4 heteroatoms. The number of hydrogen-bond donors (Lipinski definition) is 1. The number of aryl methyl sites for hydroxylation is 1. The van der Waals surface area contributed by atoms with Crippen molar-refractivity contribution in [3.63, 3.8) is 0 Å². The smallest absolute Gasteiger partial charge is 0.119 e. The molecule has 1 aromatic carbocycles. The molecule has 0 aliphatic rings. The molecule has 0 atom stereocenters. The fourth-order valence-corrected chi connectivity index (χ4v) is 1.75. The van der Waals surface area contributed by atoms with Gasteiger partial charge in [-0.1, -0.05) is 25.5 Å². The van der Waals surface area contributed by atoms with E-state index in [1.165, 1.54) is 5.56 Å². The topological polar surface area (TPSA) is 39.1 Å².